The number of nitrogens with one attached hydrogen (secondary N) is 4. The summed E-state index contributed by atoms with van der Waals surface area (Å²) in [4.78, 5) is 182. The molecular formula is C93H116N6O35. The van der Waals surface area contributed by atoms with Crippen molar-refractivity contribution in [1.82, 2.24) is 20.6 Å². The Labute approximate surface area is 773 Å². The topological polar surface area (TPSA) is 502 Å². The number of esters is 6. The number of hydrogen-bond acceptors (Lipinski definition) is 35. The van der Waals surface area contributed by atoms with E-state index in [9.17, 15) is 72.5 Å². The third kappa shape index (κ3) is 29.4. The fourth-order valence-corrected chi connectivity index (χ4v) is 14.8. The number of Topliss-reactive ketones (excluding diaryl/α,β-unsaturated/α-hetero) is 1. The van der Waals surface area contributed by atoms with Gasteiger partial charge in [-0.3, -0.25) is 53.8 Å². The molecule has 728 valence electrons. The molecule has 0 spiro atoms. The van der Waals surface area contributed by atoms with Gasteiger partial charge in [-0.1, -0.05) is 50.3 Å². The van der Waals surface area contributed by atoms with Gasteiger partial charge in [-0.05, 0) is 136 Å². The number of likely N-dealkylation sites (tertiary alicyclic amines) is 2. The first kappa shape index (κ1) is 105. The fraction of sp³-hybridized carbons (Fsp3) is 0.495. The number of anilines is 2. The highest BCUT2D eigenvalue weighted by molar-refractivity contribution is 6.05. The quantitative estimate of drug-likeness (QED) is 0.00530. The number of aliphatic hydroxyl groups is 2. The molecule has 9 rings (SSSR count). The van der Waals surface area contributed by atoms with Crippen LogP contribution in [0.25, 0.3) is 0 Å². The average molecular weight is 1880 g/mol. The van der Waals surface area contributed by atoms with E-state index in [2.05, 4.69) is 34.6 Å². The lowest BCUT2D eigenvalue weighted by molar-refractivity contribution is -0.263. The van der Waals surface area contributed by atoms with Gasteiger partial charge in [0.25, 0.3) is 17.7 Å². The molecule has 12 atom stereocenters. The van der Waals surface area contributed by atoms with Crippen LogP contribution < -0.4 is 49.9 Å². The molecule has 41 nitrogen and oxygen atoms in total. The van der Waals surface area contributed by atoms with Crippen molar-refractivity contribution in [3.05, 3.63) is 153 Å². The van der Waals surface area contributed by atoms with Crippen LogP contribution in [0.15, 0.2) is 103 Å². The number of ether oxygens (including phenoxy) is 19. The second-order valence-electron chi connectivity index (χ2n) is 32.9. The number of amides is 6. The first-order chi connectivity index (χ1) is 63.7. The maximum Gasteiger partial charge on any atom is 0.431 e. The Hall–Kier alpha value is -13.2. The Morgan fingerprint density at radius 3 is 1.60 bits per heavy atom. The highest BCUT2D eigenvalue weighted by atomic mass is 16.7. The number of ketones is 1. The van der Waals surface area contributed by atoms with Crippen molar-refractivity contribution in [2.24, 2.45) is 11.8 Å². The number of methoxy groups -OCH3 is 4. The summed E-state index contributed by atoms with van der Waals surface area (Å²) in [6, 6.07) is 17.4. The van der Waals surface area contributed by atoms with E-state index in [1.54, 1.807) is 59.7 Å². The van der Waals surface area contributed by atoms with Crippen molar-refractivity contribution in [1.29, 1.82) is 0 Å². The third-order valence-corrected chi connectivity index (χ3v) is 21.3. The van der Waals surface area contributed by atoms with E-state index >= 15 is 0 Å². The molecular weight excluding hydrogens is 1760 g/mol. The van der Waals surface area contributed by atoms with E-state index in [1.165, 1.54) is 113 Å². The molecule has 4 heterocycles. The highest BCUT2D eigenvalue weighted by Gasteiger charge is 2.53. The standard InChI is InChI=1S/C93H116N6O35/c1-49-29-63(42-100)98(40-49)85(109)66-31-51(3)75(38-70(66)95-90(112)124-45-60-21-23-74(69(36-60)84(108)94-24-26-119-27-28-125-97-92(114)134-93(11,12)13)131-88-53(5)80(128-56(8)103)81(129-57(9)104)82(133-88)87(111)118-17)121-46-61-32-62(34-65(33-61)120-48-78(107)117-16)47-122-77-39-71(67(37-76(77)116-15)86(110)99-41-50(2)30-64(99)43-101)96-91(113)123-44-59-20-22-73(68(35-59)72(106)19-18-25-115-14)132-89-83(130-58(10)105)79(127-55(7)102)52(4)54(6)126-89/h20-23,31-39,52-54,63-64,79-83,88-89,100-101H,1-2,18-19,24-30,40-48H2,3-17H3,(H,94,108)(H,95,112)(H,96,113)(H,97,114)/t52-,53-,54-,63+,64+,79+,80-,81+,82+,83-,88+,89+/m1/s1. The van der Waals surface area contributed by atoms with Gasteiger partial charge in [-0.15, -0.1) is 0 Å². The molecule has 4 aliphatic rings. The molecule has 6 N–H and O–H groups in total. The summed E-state index contributed by atoms with van der Waals surface area (Å²) in [5.74, 6) is -8.69. The summed E-state index contributed by atoms with van der Waals surface area (Å²) in [5, 5.41) is 29.0. The zero-order valence-corrected chi connectivity index (χ0v) is 77.3. The van der Waals surface area contributed by atoms with E-state index in [0.717, 1.165) is 21.0 Å². The molecule has 4 fully saturated rings. The van der Waals surface area contributed by atoms with Crippen molar-refractivity contribution >= 4 is 89.0 Å². The van der Waals surface area contributed by atoms with Gasteiger partial charge in [0.15, 0.2) is 42.2 Å². The van der Waals surface area contributed by atoms with Crippen molar-refractivity contribution < 1.29 is 167 Å². The SMILES string of the molecule is C=C1C[C@@H](CO)N(C(=O)c2cc(C)c(OCc3cc(COc4cc(NC(=O)OCc5ccc(O[C@@H]6O[C@H](C)[C@@H](C)[C@H](OC(C)=O)[C@H]6OC(C)=O)c(C(=O)CCCOC)c5)c(C(=O)N5CC(=C)C[C@H]5CO)cc4OC)cc(OCC(=O)OC)c3)cc2NC(=O)OCc2ccc(O[C@H]3O[C@H](C(=O)OC)[C@@H](OC(C)=O)[C@H](OC(C)=O)[C@H]3C)c(C(=O)NCCOCCONC(=O)OC(C)(C)C)c2)C1. The summed E-state index contributed by atoms with van der Waals surface area (Å²) in [7, 11) is 5.02. The first-order valence-electron chi connectivity index (χ1n) is 42.9. The van der Waals surface area contributed by atoms with Crippen molar-refractivity contribution in [2.45, 2.75) is 195 Å². The average Bonchev–Trinajstić information content (AvgIpc) is 1.66. The Balaban J connectivity index is 0.976. The number of carbonyl (C=O) groups excluding carboxylic acids is 13. The molecule has 134 heavy (non-hydrogen) atoms. The Kier molecular flexibility index (Phi) is 38.2. The van der Waals surface area contributed by atoms with Gasteiger partial charge in [0.1, 0.15) is 61.1 Å². The number of benzene rings is 5. The predicted octanol–water partition coefficient (Wildman–Crippen LogP) is 8.95. The molecule has 0 aliphatic carbocycles. The van der Waals surface area contributed by atoms with Crippen molar-refractivity contribution in [3.8, 4) is 34.5 Å². The highest BCUT2D eigenvalue weighted by Crippen LogP contribution is 2.41. The van der Waals surface area contributed by atoms with E-state index in [1.807, 2.05) is 0 Å². The molecule has 0 aromatic heterocycles. The fourth-order valence-electron chi connectivity index (χ4n) is 14.8. The number of aryl methyl sites for hydroxylation is 1. The minimum atomic E-state index is -1.71. The third-order valence-electron chi connectivity index (χ3n) is 21.3. The molecule has 5 aromatic rings. The van der Waals surface area contributed by atoms with Gasteiger partial charge in [0.05, 0.1) is 112 Å². The van der Waals surface area contributed by atoms with Crippen LogP contribution in [-0.4, -0.2) is 259 Å². The number of aliphatic hydroxyl groups excluding tert-OH is 2. The minimum Gasteiger partial charge on any atom is -0.493 e. The van der Waals surface area contributed by atoms with Crippen LogP contribution in [0.3, 0.4) is 0 Å². The maximum absolute atomic E-state index is 14.8. The molecule has 4 saturated heterocycles. The lowest BCUT2D eigenvalue weighted by atomic mass is 9.91. The second kappa shape index (κ2) is 49.0. The van der Waals surface area contributed by atoms with Crippen molar-refractivity contribution in [2.75, 3.05) is 105 Å². The van der Waals surface area contributed by atoms with Gasteiger partial charge in [0.2, 0.25) is 18.7 Å². The smallest absolute Gasteiger partial charge is 0.431 e. The molecule has 0 saturated carbocycles. The van der Waals surface area contributed by atoms with Crippen LogP contribution in [0.4, 0.5) is 25.8 Å². The van der Waals surface area contributed by atoms with Crippen LogP contribution in [0.1, 0.15) is 164 Å². The predicted molar refractivity (Wildman–Crippen MR) is 469 cm³/mol. The Morgan fingerprint density at radius 2 is 1.05 bits per heavy atom. The second-order valence-corrected chi connectivity index (χ2v) is 32.9. The van der Waals surface area contributed by atoms with Gasteiger partial charge in [-0.25, -0.2) is 24.0 Å². The molecule has 6 amide bonds. The Morgan fingerprint density at radius 1 is 0.522 bits per heavy atom. The van der Waals surface area contributed by atoms with Crippen LogP contribution in [0.2, 0.25) is 0 Å². The number of nitrogens with zero attached hydrogens (tertiary/aromatic N) is 2. The normalized spacial score (nSPS) is 20.2. The van der Waals surface area contributed by atoms with Crippen LogP contribution in [-0.2, 0) is 122 Å². The number of hydroxylamine groups is 1. The van der Waals surface area contributed by atoms with Gasteiger partial charge < -0.3 is 115 Å². The van der Waals surface area contributed by atoms with Gasteiger partial charge in [-0.2, -0.15) is 5.48 Å². The van der Waals surface area contributed by atoms with Crippen LogP contribution >= 0.6 is 0 Å². The maximum atomic E-state index is 14.8. The molecule has 41 heteroatoms. The molecule has 5 aromatic carbocycles. The van der Waals surface area contributed by atoms with E-state index in [0.29, 0.717) is 39.8 Å². The first-order valence-corrected chi connectivity index (χ1v) is 42.9. The molecule has 0 bridgehead atoms. The minimum absolute atomic E-state index is 0.00234. The lowest BCUT2D eigenvalue weighted by Gasteiger charge is -2.43. The van der Waals surface area contributed by atoms with Gasteiger partial charge >= 0.3 is 54.1 Å². The largest absolute Gasteiger partial charge is 0.493 e. The van der Waals surface area contributed by atoms with E-state index in [4.69, 9.17) is 94.8 Å². The number of rotatable bonds is 42. The number of carbonyl (C=O) groups is 13. The molecule has 0 unspecified atom stereocenters. The zero-order valence-electron chi connectivity index (χ0n) is 77.3. The lowest BCUT2D eigenvalue weighted by Crippen LogP contribution is -2.60. The van der Waals surface area contributed by atoms with E-state index in [-0.39, 0.29) is 152 Å². The van der Waals surface area contributed by atoms with Crippen LogP contribution in [0.5, 0.6) is 34.5 Å². The number of hydrogen-bond donors (Lipinski definition) is 6. The zero-order chi connectivity index (χ0) is 97.9. The Bertz CT molecular complexity index is 5110. The summed E-state index contributed by atoms with van der Waals surface area (Å²) in [5.41, 5.74) is 3.63. The molecule has 4 aliphatic heterocycles. The van der Waals surface area contributed by atoms with Crippen molar-refractivity contribution in [3.63, 3.8) is 0 Å². The van der Waals surface area contributed by atoms with Gasteiger partial charge in [0, 0.05) is 85.5 Å². The summed E-state index contributed by atoms with van der Waals surface area (Å²) < 4.78 is 109. The van der Waals surface area contributed by atoms with E-state index < -0.39 is 189 Å². The summed E-state index contributed by atoms with van der Waals surface area (Å²) in [6.45, 7) is 21.3. The molecule has 0 radical (unpaired) electrons. The summed E-state index contributed by atoms with van der Waals surface area (Å²) in [6.07, 6.45) is -12.5. The monoisotopic (exact) mass is 1880 g/mol. The summed E-state index contributed by atoms with van der Waals surface area (Å²) >= 11 is 0. The van der Waals surface area contributed by atoms with Crippen LogP contribution in [0, 0.1) is 18.8 Å².